The first-order chi connectivity index (χ1) is 22.0. The molecule has 5 aromatic rings. The number of primary amides is 1. The molecule has 1 saturated heterocycles. The number of pyridine rings is 1. The van der Waals surface area contributed by atoms with Gasteiger partial charge in [0.15, 0.2) is 5.82 Å². The van der Waals surface area contributed by atoms with Gasteiger partial charge in [-0.15, -0.1) is 0 Å². The zero-order chi connectivity index (χ0) is 32.4. The number of aromatic nitrogens is 4. The van der Waals surface area contributed by atoms with Crippen molar-refractivity contribution in [2.24, 2.45) is 24.4 Å². The van der Waals surface area contributed by atoms with Crippen molar-refractivity contribution < 1.29 is 23.8 Å². The number of carbonyl (C=O) groups is 2. The van der Waals surface area contributed by atoms with Crippen molar-refractivity contribution in [3.8, 4) is 34.3 Å². The van der Waals surface area contributed by atoms with E-state index < -0.39 is 18.1 Å². The third-order valence-corrected chi connectivity index (χ3v) is 9.20. The molecule has 11 nitrogen and oxygen atoms in total. The van der Waals surface area contributed by atoms with Crippen LogP contribution in [-0.4, -0.2) is 73.3 Å². The van der Waals surface area contributed by atoms with E-state index in [4.69, 9.17) is 26.2 Å². The van der Waals surface area contributed by atoms with Gasteiger partial charge in [-0.3, -0.25) is 9.59 Å². The predicted molar refractivity (Wildman–Crippen MR) is 172 cm³/mol. The normalized spacial score (nSPS) is 18.4. The quantitative estimate of drug-likeness (QED) is 0.244. The minimum absolute atomic E-state index is 0.00409. The van der Waals surface area contributed by atoms with Gasteiger partial charge in [-0.2, -0.15) is 0 Å². The van der Waals surface area contributed by atoms with Crippen LogP contribution in [0.1, 0.15) is 45.5 Å². The summed E-state index contributed by atoms with van der Waals surface area (Å²) in [6, 6.07) is 12.1. The molecule has 12 heteroatoms. The number of aromatic hydroxyl groups is 1. The van der Waals surface area contributed by atoms with E-state index >= 15 is 0 Å². The highest BCUT2D eigenvalue weighted by Gasteiger charge is 2.31. The van der Waals surface area contributed by atoms with Crippen LogP contribution in [0.5, 0.6) is 11.5 Å². The lowest BCUT2D eigenvalue weighted by Gasteiger charge is -2.33. The first kappa shape index (κ1) is 29.7. The van der Waals surface area contributed by atoms with Crippen LogP contribution in [0.4, 0.5) is 4.39 Å². The number of carbonyl (C=O) groups excluding carboxylic acids is 2. The standard InChI is InChI=1S/C34H36FN7O4/c1-17-23(7-9-27(43)29(17)31(37)44)24-8-6-19-11-26(42(32(19)38-24)14-18-4-5-18)33-39-25-10-20(12-28(46-3)30(25)40(33)2)34(45)41-15-21(35)13-22(36)16-41/h6-12,18,21-22,43H,4-5,13-16,36H2,1-3H3,(H2,37,44)/t21-,22-/m1/s1. The Bertz CT molecular complexity index is 2040. The minimum Gasteiger partial charge on any atom is -0.507 e. The molecule has 5 N–H and O–H groups in total. The van der Waals surface area contributed by atoms with Gasteiger partial charge in [-0.25, -0.2) is 14.4 Å². The van der Waals surface area contributed by atoms with Crippen molar-refractivity contribution in [2.75, 3.05) is 20.2 Å². The van der Waals surface area contributed by atoms with E-state index in [1.807, 2.05) is 23.7 Å². The van der Waals surface area contributed by atoms with E-state index in [0.29, 0.717) is 45.4 Å². The molecule has 0 unspecified atom stereocenters. The summed E-state index contributed by atoms with van der Waals surface area (Å²) >= 11 is 0. The number of piperidine rings is 1. The van der Waals surface area contributed by atoms with Crippen molar-refractivity contribution in [3.63, 3.8) is 0 Å². The van der Waals surface area contributed by atoms with Crippen LogP contribution in [0.25, 0.3) is 44.8 Å². The summed E-state index contributed by atoms with van der Waals surface area (Å²) in [4.78, 5) is 37.1. The van der Waals surface area contributed by atoms with Crippen molar-refractivity contribution >= 4 is 33.9 Å². The third kappa shape index (κ3) is 5.02. The maximum atomic E-state index is 14.3. The van der Waals surface area contributed by atoms with Gasteiger partial charge in [-0.05, 0) is 80.1 Å². The van der Waals surface area contributed by atoms with Gasteiger partial charge < -0.3 is 35.3 Å². The Morgan fingerprint density at radius 1 is 1.11 bits per heavy atom. The Hall–Kier alpha value is -4.97. The number of hydrogen-bond acceptors (Lipinski definition) is 7. The molecule has 7 rings (SSSR count). The zero-order valence-corrected chi connectivity index (χ0v) is 26.0. The number of likely N-dealkylation sites (tertiary alicyclic amines) is 1. The number of aryl methyl sites for hydroxylation is 1. The van der Waals surface area contributed by atoms with Crippen LogP contribution in [0, 0.1) is 12.8 Å². The van der Waals surface area contributed by atoms with E-state index in [-0.39, 0.29) is 36.7 Å². The molecule has 0 bridgehead atoms. The second-order valence-corrected chi connectivity index (χ2v) is 12.5. The number of benzene rings is 2. The molecule has 1 saturated carbocycles. The smallest absolute Gasteiger partial charge is 0.254 e. The number of ether oxygens (including phenoxy) is 1. The molecule has 46 heavy (non-hydrogen) atoms. The summed E-state index contributed by atoms with van der Waals surface area (Å²) in [6.45, 7) is 2.79. The monoisotopic (exact) mass is 625 g/mol. The molecule has 4 heterocycles. The molecule has 1 aliphatic heterocycles. The molecular formula is C34H36FN7O4. The topological polar surface area (TPSA) is 155 Å². The van der Waals surface area contributed by atoms with E-state index in [2.05, 4.69) is 10.6 Å². The minimum atomic E-state index is -1.16. The Morgan fingerprint density at radius 2 is 1.89 bits per heavy atom. The predicted octanol–water partition coefficient (Wildman–Crippen LogP) is 4.30. The first-order valence-electron chi connectivity index (χ1n) is 15.4. The molecule has 1 aliphatic carbocycles. The fraction of sp³-hybridized carbons (Fsp3) is 0.353. The van der Waals surface area contributed by atoms with Crippen LogP contribution >= 0.6 is 0 Å². The van der Waals surface area contributed by atoms with E-state index in [1.54, 1.807) is 32.2 Å². The molecule has 2 atom stereocenters. The third-order valence-electron chi connectivity index (χ3n) is 9.20. The Kier molecular flexibility index (Phi) is 7.19. The number of nitrogens with two attached hydrogens (primary N) is 2. The van der Waals surface area contributed by atoms with Gasteiger partial charge in [0.1, 0.15) is 28.8 Å². The average molecular weight is 626 g/mol. The lowest BCUT2D eigenvalue weighted by Crippen LogP contribution is -2.50. The fourth-order valence-electron chi connectivity index (χ4n) is 6.73. The summed E-state index contributed by atoms with van der Waals surface area (Å²) in [5, 5.41) is 11.2. The maximum Gasteiger partial charge on any atom is 0.254 e. The van der Waals surface area contributed by atoms with Crippen LogP contribution < -0.4 is 16.2 Å². The fourth-order valence-corrected chi connectivity index (χ4v) is 6.73. The highest BCUT2D eigenvalue weighted by atomic mass is 19.1. The molecule has 3 aromatic heterocycles. The Balaban J connectivity index is 1.35. The van der Waals surface area contributed by atoms with Gasteiger partial charge in [0, 0.05) is 42.7 Å². The van der Waals surface area contributed by atoms with Gasteiger partial charge in [0.2, 0.25) is 0 Å². The average Bonchev–Trinajstić information content (AvgIpc) is 3.69. The summed E-state index contributed by atoms with van der Waals surface area (Å²) in [7, 11) is 3.46. The van der Waals surface area contributed by atoms with Gasteiger partial charge in [-0.1, -0.05) is 0 Å². The lowest BCUT2D eigenvalue weighted by molar-refractivity contribution is 0.0606. The number of nitrogens with zero attached hydrogens (tertiary/aromatic N) is 5. The molecule has 0 radical (unpaired) electrons. The van der Waals surface area contributed by atoms with Gasteiger partial charge in [0.05, 0.1) is 36.1 Å². The van der Waals surface area contributed by atoms with Crippen LogP contribution in [-0.2, 0) is 13.6 Å². The summed E-state index contributed by atoms with van der Waals surface area (Å²) in [5.74, 6) is 0.500. The zero-order valence-electron chi connectivity index (χ0n) is 26.0. The Morgan fingerprint density at radius 3 is 2.59 bits per heavy atom. The van der Waals surface area contributed by atoms with Gasteiger partial charge in [0.25, 0.3) is 11.8 Å². The van der Waals surface area contributed by atoms with Crippen LogP contribution in [0.15, 0.2) is 42.5 Å². The van der Waals surface area contributed by atoms with Crippen molar-refractivity contribution in [3.05, 3.63) is 59.2 Å². The van der Waals surface area contributed by atoms with Crippen LogP contribution in [0.2, 0.25) is 0 Å². The highest BCUT2D eigenvalue weighted by Crippen LogP contribution is 2.39. The number of fused-ring (bicyclic) bond motifs is 2. The van der Waals surface area contributed by atoms with Crippen LogP contribution in [0.3, 0.4) is 0 Å². The summed E-state index contributed by atoms with van der Waals surface area (Å²) in [5.41, 5.74) is 16.9. The lowest BCUT2D eigenvalue weighted by atomic mass is 9.98. The number of halogens is 1. The summed E-state index contributed by atoms with van der Waals surface area (Å²) < 4.78 is 24.2. The number of imidazole rings is 1. The number of methoxy groups -OCH3 is 1. The van der Waals surface area contributed by atoms with E-state index in [1.165, 1.54) is 11.0 Å². The second kappa shape index (κ2) is 11.1. The molecule has 0 spiro atoms. The summed E-state index contributed by atoms with van der Waals surface area (Å²) in [6.07, 6.45) is 1.33. The molecule has 238 valence electrons. The number of hydrogen-bond donors (Lipinski definition) is 3. The first-order valence-corrected chi connectivity index (χ1v) is 15.4. The number of alkyl halides is 1. The second-order valence-electron chi connectivity index (χ2n) is 12.5. The molecule has 2 aromatic carbocycles. The maximum absolute atomic E-state index is 14.3. The highest BCUT2D eigenvalue weighted by molar-refractivity contribution is 6.01. The van der Waals surface area contributed by atoms with Gasteiger partial charge >= 0.3 is 0 Å². The number of phenols is 1. The Labute approximate surface area is 264 Å². The molecular weight excluding hydrogens is 589 g/mol. The largest absolute Gasteiger partial charge is 0.507 e. The molecule has 2 amide bonds. The molecule has 2 aliphatic rings. The number of amides is 2. The van der Waals surface area contributed by atoms with Crippen molar-refractivity contribution in [1.29, 1.82) is 0 Å². The van der Waals surface area contributed by atoms with E-state index in [0.717, 1.165) is 41.6 Å². The SMILES string of the molecule is COc1cc(C(=O)N2C[C@H](N)C[C@@H](F)C2)cc2nc(-c3cc4ccc(-c5ccc(O)c(C(N)=O)c5C)nc4n3CC3CC3)n(C)c12. The van der Waals surface area contributed by atoms with Crippen molar-refractivity contribution in [2.45, 2.75) is 44.9 Å². The van der Waals surface area contributed by atoms with Crippen molar-refractivity contribution in [1.82, 2.24) is 24.0 Å². The van der Waals surface area contributed by atoms with E-state index in [9.17, 15) is 19.1 Å². The molecule has 2 fully saturated rings. The number of rotatable bonds is 7.